The summed E-state index contributed by atoms with van der Waals surface area (Å²) in [5.41, 5.74) is -0.324. The number of hydrogen-bond donors (Lipinski definition) is 1. The number of alkyl halides is 3. The summed E-state index contributed by atoms with van der Waals surface area (Å²) in [4.78, 5) is 35.0. The minimum atomic E-state index is -4.02. The summed E-state index contributed by atoms with van der Waals surface area (Å²) in [6.45, 7) is 2.41. The van der Waals surface area contributed by atoms with Gasteiger partial charge in [-0.1, -0.05) is 46.9 Å². The fourth-order valence-corrected chi connectivity index (χ4v) is 4.20. The largest absolute Gasteiger partial charge is 0.445 e. The molecule has 0 spiro atoms. The van der Waals surface area contributed by atoms with Gasteiger partial charge >= 0.3 is 13.7 Å². The van der Waals surface area contributed by atoms with E-state index in [4.69, 9.17) is 48.6 Å². The summed E-state index contributed by atoms with van der Waals surface area (Å²) in [7, 11) is -4.02. The molecular formula is C16H20Cl3N2O8P. The Morgan fingerprint density at radius 2 is 1.83 bits per heavy atom. The molecule has 0 aliphatic rings. The second kappa shape index (κ2) is 11.8. The molecule has 0 heterocycles. The van der Waals surface area contributed by atoms with Gasteiger partial charge in [-0.2, -0.15) is 0 Å². The average Bonchev–Trinajstić information content (AvgIpc) is 2.65. The maximum Gasteiger partial charge on any atom is 0.408 e. The highest BCUT2D eigenvalue weighted by molar-refractivity contribution is 7.54. The first-order valence-electron chi connectivity index (χ1n) is 8.58. The van der Waals surface area contributed by atoms with Crippen LogP contribution in [-0.2, 0) is 18.3 Å². The number of amides is 1. The van der Waals surface area contributed by atoms with Crippen molar-refractivity contribution in [1.29, 1.82) is 0 Å². The topological polar surface area (TPSA) is 134 Å². The van der Waals surface area contributed by atoms with Gasteiger partial charge in [-0.3, -0.25) is 19.5 Å². The lowest BCUT2D eigenvalue weighted by atomic mass is 10.1. The van der Waals surface area contributed by atoms with Crippen LogP contribution in [-0.4, -0.2) is 46.2 Å². The normalized spacial score (nSPS) is 12.8. The van der Waals surface area contributed by atoms with E-state index in [1.165, 1.54) is 18.2 Å². The van der Waals surface area contributed by atoms with Crippen LogP contribution in [0.3, 0.4) is 0 Å². The Morgan fingerprint density at radius 1 is 1.23 bits per heavy atom. The zero-order chi connectivity index (χ0) is 22.9. The summed E-state index contributed by atoms with van der Waals surface area (Å²) in [6.07, 6.45) is -1.68. The maximum atomic E-state index is 13.1. The Bertz CT molecular complexity index is 808. The number of halogens is 3. The van der Waals surface area contributed by atoms with E-state index in [1.54, 1.807) is 13.8 Å². The van der Waals surface area contributed by atoms with Gasteiger partial charge in [0, 0.05) is 24.1 Å². The van der Waals surface area contributed by atoms with Crippen LogP contribution in [0.15, 0.2) is 24.3 Å². The van der Waals surface area contributed by atoms with Gasteiger partial charge in [0.05, 0.1) is 18.1 Å². The highest BCUT2D eigenvalue weighted by atomic mass is 35.6. The summed E-state index contributed by atoms with van der Waals surface area (Å²) in [5, 5.41) is 13.2. The highest BCUT2D eigenvalue weighted by Crippen LogP contribution is 2.53. The Balaban J connectivity index is 3.11. The van der Waals surface area contributed by atoms with Crippen molar-refractivity contribution in [3.8, 4) is 0 Å². The van der Waals surface area contributed by atoms with Gasteiger partial charge in [-0.05, 0) is 13.8 Å². The van der Waals surface area contributed by atoms with Crippen molar-refractivity contribution in [3.63, 3.8) is 0 Å². The molecule has 0 bridgehead atoms. The second-order valence-electron chi connectivity index (χ2n) is 5.66. The third-order valence-electron chi connectivity index (χ3n) is 3.41. The number of non-ortho nitro benzene ring substituents is 1. The number of carbonyl (C=O) groups excluding carboxylic acids is 2. The molecule has 0 aromatic heterocycles. The first-order chi connectivity index (χ1) is 13.9. The number of ether oxygens (including phenoxy) is 1. The van der Waals surface area contributed by atoms with Gasteiger partial charge < -0.3 is 19.1 Å². The zero-order valence-corrected chi connectivity index (χ0v) is 19.2. The van der Waals surface area contributed by atoms with E-state index >= 15 is 0 Å². The first kappa shape index (κ1) is 26.6. The number of nitro groups is 1. The number of benzene rings is 1. The second-order valence-corrected chi connectivity index (χ2v) is 10.4. The molecule has 0 unspecified atom stereocenters. The number of carbonyl (C=O) groups is 2. The van der Waals surface area contributed by atoms with Gasteiger partial charge in [-0.15, -0.1) is 0 Å². The van der Waals surface area contributed by atoms with Crippen LogP contribution in [0, 0.1) is 10.1 Å². The number of rotatable bonds is 11. The van der Waals surface area contributed by atoms with Crippen LogP contribution in [0.2, 0.25) is 0 Å². The molecule has 0 aliphatic carbocycles. The summed E-state index contributed by atoms with van der Waals surface area (Å²) in [6, 6.07) is 4.95. The summed E-state index contributed by atoms with van der Waals surface area (Å²) >= 11 is 16.6. The van der Waals surface area contributed by atoms with E-state index in [9.17, 15) is 24.3 Å². The Kier molecular flexibility index (Phi) is 10.5. The standard InChI is InChI=1S/C16H20Cl3N2O8P/c1-3-28-30(26,29-4-2)14(20-15(23)27-10-16(17,18)19)9-13(22)11-6-5-7-12(8-11)21(24)25/h5-8,14H,3-4,9-10H2,1-2H3,(H,20,23)/t14-/m0/s1. The monoisotopic (exact) mass is 504 g/mol. The molecule has 0 aliphatic heterocycles. The molecule has 1 atom stereocenters. The quantitative estimate of drug-likeness (QED) is 0.148. The number of alkyl carbamates (subject to hydrolysis) is 1. The number of nitrogens with one attached hydrogen (secondary N) is 1. The molecule has 0 radical (unpaired) electrons. The predicted molar refractivity (Wildman–Crippen MR) is 111 cm³/mol. The summed E-state index contributed by atoms with van der Waals surface area (Å²) < 4.78 is 26.4. The first-order valence-corrected chi connectivity index (χ1v) is 11.3. The molecule has 0 saturated carbocycles. The summed E-state index contributed by atoms with van der Waals surface area (Å²) in [5.74, 6) is -2.10. The fourth-order valence-electron chi connectivity index (χ4n) is 2.23. The number of hydrogen-bond acceptors (Lipinski definition) is 8. The van der Waals surface area contributed by atoms with Crippen LogP contribution in [0.25, 0.3) is 0 Å². The molecule has 1 aromatic carbocycles. The van der Waals surface area contributed by atoms with E-state index < -0.39 is 47.0 Å². The highest BCUT2D eigenvalue weighted by Gasteiger charge is 2.39. The molecule has 0 saturated heterocycles. The Hall–Kier alpha value is -1.42. The van der Waals surface area contributed by atoms with Crippen LogP contribution >= 0.6 is 42.4 Å². The molecule has 0 fully saturated rings. The van der Waals surface area contributed by atoms with Gasteiger partial charge in [0.15, 0.2) is 5.78 Å². The van der Waals surface area contributed by atoms with Gasteiger partial charge in [-0.25, -0.2) is 4.79 Å². The van der Waals surface area contributed by atoms with Crippen LogP contribution in [0.1, 0.15) is 30.6 Å². The molecule has 1 rings (SSSR count). The van der Waals surface area contributed by atoms with Crippen LogP contribution < -0.4 is 5.32 Å². The van der Waals surface area contributed by atoms with Crippen molar-refractivity contribution < 1.29 is 32.9 Å². The van der Waals surface area contributed by atoms with E-state index in [1.807, 2.05) is 0 Å². The lowest BCUT2D eigenvalue weighted by molar-refractivity contribution is -0.384. The minimum absolute atomic E-state index is 0.0230. The molecular weight excluding hydrogens is 486 g/mol. The van der Waals surface area contributed by atoms with Crippen molar-refractivity contribution in [1.82, 2.24) is 5.32 Å². The van der Waals surface area contributed by atoms with Crippen LogP contribution in [0.5, 0.6) is 0 Å². The lowest BCUT2D eigenvalue weighted by Gasteiger charge is -2.26. The van der Waals surface area contributed by atoms with Crippen molar-refractivity contribution in [2.45, 2.75) is 29.8 Å². The SMILES string of the molecule is CCOP(=O)(OCC)[C@@H](CC(=O)c1cccc([N+](=O)[O-])c1)NC(=O)OCC(Cl)(Cl)Cl. The van der Waals surface area contributed by atoms with Gasteiger partial charge in [0.2, 0.25) is 3.79 Å². The van der Waals surface area contributed by atoms with Crippen molar-refractivity contribution in [3.05, 3.63) is 39.9 Å². The number of ketones is 1. The Labute approximate surface area is 187 Å². The molecule has 14 heteroatoms. The van der Waals surface area contributed by atoms with Crippen molar-refractivity contribution in [2.75, 3.05) is 19.8 Å². The maximum absolute atomic E-state index is 13.1. The molecule has 1 amide bonds. The van der Waals surface area contributed by atoms with E-state index in [2.05, 4.69) is 5.32 Å². The van der Waals surface area contributed by atoms with Crippen LogP contribution in [0.4, 0.5) is 10.5 Å². The third-order valence-corrected chi connectivity index (χ3v) is 6.05. The minimum Gasteiger partial charge on any atom is -0.445 e. The van der Waals surface area contributed by atoms with Gasteiger partial charge in [0.25, 0.3) is 5.69 Å². The molecule has 1 aromatic rings. The fraction of sp³-hybridized carbons (Fsp3) is 0.500. The number of nitro benzene ring substituents is 1. The average molecular weight is 506 g/mol. The molecule has 10 nitrogen and oxygen atoms in total. The number of nitrogens with zero attached hydrogens (tertiary/aromatic N) is 1. The molecule has 1 N–H and O–H groups in total. The van der Waals surface area contributed by atoms with Crippen molar-refractivity contribution in [2.24, 2.45) is 0 Å². The Morgan fingerprint density at radius 3 is 2.33 bits per heavy atom. The van der Waals surface area contributed by atoms with E-state index in [0.29, 0.717) is 0 Å². The van der Waals surface area contributed by atoms with Gasteiger partial charge in [0.1, 0.15) is 12.4 Å². The number of Topliss-reactive ketones (excluding diaryl/α,β-unsaturated/α-hetero) is 1. The molecule has 168 valence electrons. The lowest BCUT2D eigenvalue weighted by Crippen LogP contribution is -2.39. The van der Waals surface area contributed by atoms with E-state index in [-0.39, 0.29) is 24.5 Å². The van der Waals surface area contributed by atoms with E-state index in [0.717, 1.165) is 6.07 Å². The third kappa shape index (κ3) is 8.75. The smallest absolute Gasteiger partial charge is 0.408 e. The predicted octanol–water partition coefficient (Wildman–Crippen LogP) is 4.86. The van der Waals surface area contributed by atoms with Crippen molar-refractivity contribution >= 4 is 60.0 Å². The zero-order valence-electron chi connectivity index (χ0n) is 16.0. The molecule has 30 heavy (non-hydrogen) atoms.